The molecule has 3 nitrogen and oxygen atoms in total. The average Bonchev–Trinajstić information content (AvgIpc) is 2.27. The van der Waals surface area contributed by atoms with E-state index in [0.717, 1.165) is 17.8 Å². The lowest BCUT2D eigenvalue weighted by Gasteiger charge is -2.23. The molecule has 0 aromatic heterocycles. The Kier molecular flexibility index (Phi) is 5.31. The Labute approximate surface area is 116 Å². The lowest BCUT2D eigenvalue weighted by molar-refractivity contribution is 0.354. The van der Waals surface area contributed by atoms with E-state index >= 15 is 0 Å². The van der Waals surface area contributed by atoms with Crippen LogP contribution >= 0.6 is 15.9 Å². The van der Waals surface area contributed by atoms with Gasteiger partial charge in [0, 0.05) is 11.9 Å². The second kappa shape index (κ2) is 6.12. The Hall–Kier alpha value is -0.460. The van der Waals surface area contributed by atoms with Crippen LogP contribution in [0.4, 0.5) is 4.39 Å². The summed E-state index contributed by atoms with van der Waals surface area (Å²) in [7, 11) is -3.64. The highest BCUT2D eigenvalue weighted by molar-refractivity contribution is 9.09. The molecular weight excluding hydrogens is 321 g/mol. The molecule has 0 aliphatic carbocycles. The fourth-order valence-electron chi connectivity index (χ4n) is 1.35. The molecular formula is C12H17BrFNO2S. The van der Waals surface area contributed by atoms with Crippen LogP contribution in [0.25, 0.3) is 0 Å². The first-order valence-corrected chi connectivity index (χ1v) is 8.18. The van der Waals surface area contributed by atoms with Gasteiger partial charge in [-0.2, -0.15) is 0 Å². The van der Waals surface area contributed by atoms with Gasteiger partial charge in [0.2, 0.25) is 10.0 Å². The van der Waals surface area contributed by atoms with Crippen molar-refractivity contribution in [2.24, 2.45) is 5.41 Å². The fraction of sp³-hybridized carbons (Fsp3) is 0.500. The van der Waals surface area contributed by atoms with Crippen LogP contribution in [0.3, 0.4) is 0 Å². The van der Waals surface area contributed by atoms with Crippen molar-refractivity contribution in [2.75, 3.05) is 11.9 Å². The van der Waals surface area contributed by atoms with E-state index in [1.807, 2.05) is 13.8 Å². The largest absolute Gasteiger partial charge is 0.240 e. The summed E-state index contributed by atoms with van der Waals surface area (Å²) in [5.41, 5.74) is -0.149. The Morgan fingerprint density at radius 1 is 1.39 bits per heavy atom. The molecule has 1 aromatic rings. The molecule has 6 heteroatoms. The zero-order chi connectivity index (χ0) is 13.8. The number of benzene rings is 1. The van der Waals surface area contributed by atoms with E-state index in [1.165, 1.54) is 18.2 Å². The molecule has 0 bridgehead atoms. The minimum Gasteiger partial charge on any atom is -0.211 e. The normalized spacial score (nSPS) is 12.7. The molecule has 0 saturated carbocycles. The van der Waals surface area contributed by atoms with Gasteiger partial charge >= 0.3 is 0 Å². The number of halogens is 2. The highest BCUT2D eigenvalue weighted by atomic mass is 79.9. The molecule has 0 heterocycles. The van der Waals surface area contributed by atoms with Crippen molar-refractivity contribution >= 4 is 26.0 Å². The van der Waals surface area contributed by atoms with Crippen molar-refractivity contribution in [3.63, 3.8) is 0 Å². The highest BCUT2D eigenvalue weighted by Crippen LogP contribution is 2.21. The van der Waals surface area contributed by atoms with Crippen molar-refractivity contribution in [2.45, 2.75) is 25.2 Å². The molecule has 0 saturated heterocycles. The zero-order valence-electron chi connectivity index (χ0n) is 10.4. The quantitative estimate of drug-likeness (QED) is 0.811. The summed E-state index contributed by atoms with van der Waals surface area (Å²) in [5, 5.41) is 0.807. The molecule has 0 spiro atoms. The number of sulfonamides is 1. The first-order valence-electron chi connectivity index (χ1n) is 5.58. The van der Waals surface area contributed by atoms with Gasteiger partial charge in [0.15, 0.2) is 0 Å². The van der Waals surface area contributed by atoms with Gasteiger partial charge in [-0.25, -0.2) is 17.5 Å². The number of hydrogen-bond donors (Lipinski definition) is 1. The van der Waals surface area contributed by atoms with Crippen LogP contribution in [0.15, 0.2) is 29.2 Å². The van der Waals surface area contributed by atoms with Crippen LogP contribution in [0.2, 0.25) is 0 Å². The monoisotopic (exact) mass is 337 g/mol. The molecule has 18 heavy (non-hydrogen) atoms. The van der Waals surface area contributed by atoms with E-state index in [0.29, 0.717) is 6.54 Å². The molecule has 0 radical (unpaired) electrons. The first kappa shape index (κ1) is 15.6. The zero-order valence-corrected chi connectivity index (χ0v) is 12.8. The summed E-state index contributed by atoms with van der Waals surface area (Å²) in [5.74, 6) is -0.558. The van der Waals surface area contributed by atoms with Crippen molar-refractivity contribution in [1.29, 1.82) is 0 Å². The second-order valence-corrected chi connectivity index (χ2v) is 7.45. The Balaban J connectivity index is 2.78. The lowest BCUT2D eigenvalue weighted by Crippen LogP contribution is -2.34. The molecule has 1 rings (SSSR count). The molecule has 1 N–H and O–H groups in total. The third-order valence-corrected chi connectivity index (χ3v) is 4.41. The number of alkyl halides is 1. The van der Waals surface area contributed by atoms with E-state index < -0.39 is 15.8 Å². The van der Waals surface area contributed by atoms with E-state index in [-0.39, 0.29) is 10.3 Å². The van der Waals surface area contributed by atoms with Gasteiger partial charge in [-0.15, -0.1) is 0 Å². The van der Waals surface area contributed by atoms with Crippen molar-refractivity contribution < 1.29 is 12.8 Å². The van der Waals surface area contributed by atoms with Gasteiger partial charge in [-0.1, -0.05) is 35.8 Å². The van der Waals surface area contributed by atoms with Gasteiger partial charge < -0.3 is 0 Å². The van der Waals surface area contributed by atoms with Gasteiger partial charge in [0.25, 0.3) is 0 Å². The molecule has 0 aliphatic heterocycles. The van der Waals surface area contributed by atoms with Crippen LogP contribution in [-0.2, 0) is 10.0 Å². The minimum atomic E-state index is -3.64. The van der Waals surface area contributed by atoms with Crippen LogP contribution in [0.5, 0.6) is 0 Å². The molecule has 0 amide bonds. The highest BCUT2D eigenvalue weighted by Gasteiger charge is 2.21. The predicted octanol–water partition coefficient (Wildman–Crippen LogP) is 2.92. The van der Waals surface area contributed by atoms with E-state index in [4.69, 9.17) is 0 Å². The molecule has 0 atom stereocenters. The van der Waals surface area contributed by atoms with Crippen molar-refractivity contribution in [1.82, 2.24) is 4.72 Å². The average molecular weight is 338 g/mol. The topological polar surface area (TPSA) is 46.2 Å². The van der Waals surface area contributed by atoms with Crippen LogP contribution < -0.4 is 4.72 Å². The molecule has 102 valence electrons. The van der Waals surface area contributed by atoms with Gasteiger partial charge in [0.1, 0.15) is 5.82 Å². The maximum Gasteiger partial charge on any atom is 0.240 e. The Morgan fingerprint density at radius 3 is 2.61 bits per heavy atom. The third-order valence-electron chi connectivity index (χ3n) is 2.62. The summed E-state index contributed by atoms with van der Waals surface area (Å²) in [6.07, 6.45) is 0.846. The molecule has 1 aromatic carbocycles. The van der Waals surface area contributed by atoms with Crippen LogP contribution in [0, 0.1) is 11.2 Å². The molecule has 0 fully saturated rings. The predicted molar refractivity (Wildman–Crippen MR) is 73.8 cm³/mol. The summed E-state index contributed by atoms with van der Waals surface area (Å²) in [6, 6.07) is 4.99. The fourth-order valence-corrected chi connectivity index (χ4v) is 3.70. The first-order chi connectivity index (χ1) is 8.27. The summed E-state index contributed by atoms with van der Waals surface area (Å²) in [4.78, 5) is -0.0443. The van der Waals surface area contributed by atoms with Crippen LogP contribution in [-0.4, -0.2) is 20.3 Å². The molecule has 0 unspecified atom stereocenters. The Bertz CT molecular complexity index is 503. The minimum absolute atomic E-state index is 0.0443. The smallest absolute Gasteiger partial charge is 0.211 e. The van der Waals surface area contributed by atoms with E-state index in [9.17, 15) is 12.8 Å². The van der Waals surface area contributed by atoms with Gasteiger partial charge in [-0.05, 0) is 30.0 Å². The van der Waals surface area contributed by atoms with Crippen molar-refractivity contribution in [3.8, 4) is 0 Å². The Morgan fingerprint density at radius 2 is 2.06 bits per heavy atom. The number of rotatable bonds is 6. The summed E-state index contributed by atoms with van der Waals surface area (Å²) in [6.45, 7) is 4.27. The number of nitrogens with one attached hydrogen (secondary N) is 1. The summed E-state index contributed by atoms with van der Waals surface area (Å²) >= 11 is 3.33. The SMILES string of the molecule is CC(C)(CCBr)CNS(=O)(=O)c1cccc(F)c1. The van der Waals surface area contributed by atoms with E-state index in [1.54, 1.807) is 0 Å². The second-order valence-electron chi connectivity index (χ2n) is 4.89. The van der Waals surface area contributed by atoms with Gasteiger partial charge in [-0.3, -0.25) is 0 Å². The number of hydrogen-bond acceptors (Lipinski definition) is 2. The van der Waals surface area contributed by atoms with Gasteiger partial charge in [0.05, 0.1) is 4.90 Å². The molecule has 0 aliphatic rings. The summed E-state index contributed by atoms with van der Waals surface area (Å²) < 4.78 is 39.4. The maximum atomic E-state index is 13.0. The van der Waals surface area contributed by atoms with Crippen molar-refractivity contribution in [3.05, 3.63) is 30.1 Å². The standard InChI is InChI=1S/C12H17BrFNO2S/c1-12(2,6-7-13)9-15-18(16,17)11-5-3-4-10(14)8-11/h3-5,8,15H,6-7,9H2,1-2H3. The third kappa shape index (κ3) is 4.66. The van der Waals surface area contributed by atoms with E-state index in [2.05, 4.69) is 20.7 Å². The van der Waals surface area contributed by atoms with Crippen LogP contribution in [0.1, 0.15) is 20.3 Å². The lowest BCUT2D eigenvalue weighted by atomic mass is 9.91. The maximum absolute atomic E-state index is 13.0.